The van der Waals surface area contributed by atoms with Crippen LogP contribution in [0.5, 0.6) is 0 Å². The zero-order valence-electron chi connectivity index (χ0n) is 7.55. The van der Waals surface area contributed by atoms with Gasteiger partial charge in [-0.2, -0.15) is 0 Å². The summed E-state index contributed by atoms with van der Waals surface area (Å²) < 4.78 is 0. The van der Waals surface area contributed by atoms with Gasteiger partial charge in [0.1, 0.15) is 0 Å². The van der Waals surface area contributed by atoms with E-state index in [1.165, 1.54) is 6.42 Å². The molecule has 0 aromatic carbocycles. The summed E-state index contributed by atoms with van der Waals surface area (Å²) in [6, 6.07) is 4.09. The summed E-state index contributed by atoms with van der Waals surface area (Å²) in [5.41, 5.74) is 0.730. The SMILES string of the molecule is O=C(CC1CCCN1)c1ccc[nH]1. The Kier molecular flexibility index (Phi) is 2.45. The zero-order chi connectivity index (χ0) is 9.10. The zero-order valence-corrected chi connectivity index (χ0v) is 7.55. The van der Waals surface area contributed by atoms with Gasteiger partial charge in [0.2, 0.25) is 0 Å². The molecule has 1 saturated heterocycles. The molecular formula is C10H14N2O. The number of aromatic amines is 1. The summed E-state index contributed by atoms with van der Waals surface area (Å²) in [5, 5.41) is 3.31. The van der Waals surface area contributed by atoms with Crippen LogP contribution in [-0.4, -0.2) is 23.4 Å². The molecule has 1 aromatic heterocycles. The van der Waals surface area contributed by atoms with Crippen molar-refractivity contribution in [2.45, 2.75) is 25.3 Å². The molecule has 3 heteroatoms. The maximum atomic E-state index is 11.6. The third-order valence-corrected chi connectivity index (χ3v) is 2.49. The number of hydrogen-bond donors (Lipinski definition) is 2. The third-order valence-electron chi connectivity index (χ3n) is 2.49. The van der Waals surface area contributed by atoms with Crippen LogP contribution in [0.1, 0.15) is 29.8 Å². The molecule has 1 atom stereocenters. The molecule has 1 aliphatic heterocycles. The average molecular weight is 178 g/mol. The lowest BCUT2D eigenvalue weighted by atomic mass is 10.1. The van der Waals surface area contributed by atoms with E-state index in [2.05, 4.69) is 10.3 Å². The van der Waals surface area contributed by atoms with Crippen LogP contribution in [0, 0.1) is 0 Å². The van der Waals surface area contributed by atoms with Crippen molar-refractivity contribution in [2.75, 3.05) is 6.54 Å². The highest BCUT2D eigenvalue weighted by Crippen LogP contribution is 2.11. The number of carbonyl (C=O) groups is 1. The van der Waals surface area contributed by atoms with E-state index in [0.717, 1.165) is 18.7 Å². The minimum Gasteiger partial charge on any atom is -0.359 e. The molecule has 2 heterocycles. The summed E-state index contributed by atoms with van der Waals surface area (Å²) in [7, 11) is 0. The number of aromatic nitrogens is 1. The maximum Gasteiger partial charge on any atom is 0.180 e. The number of rotatable bonds is 3. The van der Waals surface area contributed by atoms with Gasteiger partial charge in [0.15, 0.2) is 5.78 Å². The Balaban J connectivity index is 1.91. The largest absolute Gasteiger partial charge is 0.359 e. The van der Waals surface area contributed by atoms with E-state index in [0.29, 0.717) is 12.5 Å². The monoisotopic (exact) mass is 178 g/mol. The van der Waals surface area contributed by atoms with Crippen molar-refractivity contribution >= 4 is 5.78 Å². The predicted molar refractivity (Wildman–Crippen MR) is 50.8 cm³/mol. The van der Waals surface area contributed by atoms with E-state index in [-0.39, 0.29) is 5.78 Å². The standard InChI is InChI=1S/C10H14N2O/c13-10(9-4-2-6-12-9)7-8-3-1-5-11-8/h2,4,6,8,11-12H,1,3,5,7H2. The highest BCUT2D eigenvalue weighted by atomic mass is 16.1. The van der Waals surface area contributed by atoms with Gasteiger partial charge in [-0.3, -0.25) is 4.79 Å². The summed E-state index contributed by atoms with van der Waals surface area (Å²) >= 11 is 0. The first-order valence-corrected chi connectivity index (χ1v) is 4.76. The van der Waals surface area contributed by atoms with E-state index < -0.39 is 0 Å². The third kappa shape index (κ3) is 1.98. The lowest BCUT2D eigenvalue weighted by Crippen LogP contribution is -2.24. The second-order valence-corrected chi connectivity index (χ2v) is 3.50. The second-order valence-electron chi connectivity index (χ2n) is 3.50. The fourth-order valence-electron chi connectivity index (χ4n) is 1.77. The van der Waals surface area contributed by atoms with Crippen LogP contribution >= 0.6 is 0 Å². The molecule has 1 fully saturated rings. The van der Waals surface area contributed by atoms with Crippen molar-refractivity contribution in [1.82, 2.24) is 10.3 Å². The fourth-order valence-corrected chi connectivity index (χ4v) is 1.77. The van der Waals surface area contributed by atoms with E-state index in [9.17, 15) is 4.79 Å². The Labute approximate surface area is 77.5 Å². The van der Waals surface area contributed by atoms with Crippen molar-refractivity contribution < 1.29 is 4.79 Å². The van der Waals surface area contributed by atoms with Gasteiger partial charge >= 0.3 is 0 Å². The molecule has 2 rings (SSSR count). The smallest absolute Gasteiger partial charge is 0.180 e. The maximum absolute atomic E-state index is 11.6. The Hall–Kier alpha value is -1.09. The van der Waals surface area contributed by atoms with Gasteiger partial charge in [-0.05, 0) is 31.5 Å². The van der Waals surface area contributed by atoms with Crippen molar-refractivity contribution in [3.63, 3.8) is 0 Å². The minimum absolute atomic E-state index is 0.212. The van der Waals surface area contributed by atoms with Crippen molar-refractivity contribution in [3.05, 3.63) is 24.0 Å². The minimum atomic E-state index is 0.212. The van der Waals surface area contributed by atoms with Crippen LogP contribution in [0.25, 0.3) is 0 Å². The Morgan fingerprint density at radius 3 is 3.15 bits per heavy atom. The van der Waals surface area contributed by atoms with E-state index in [4.69, 9.17) is 0 Å². The summed E-state index contributed by atoms with van der Waals surface area (Å²) in [6.45, 7) is 1.06. The Morgan fingerprint density at radius 1 is 1.62 bits per heavy atom. The second kappa shape index (κ2) is 3.75. The molecule has 0 spiro atoms. The Morgan fingerprint density at radius 2 is 2.54 bits per heavy atom. The van der Waals surface area contributed by atoms with Gasteiger partial charge in [-0.25, -0.2) is 0 Å². The van der Waals surface area contributed by atoms with Gasteiger partial charge in [-0.15, -0.1) is 0 Å². The topological polar surface area (TPSA) is 44.9 Å². The number of hydrogen-bond acceptors (Lipinski definition) is 2. The molecular weight excluding hydrogens is 164 g/mol. The van der Waals surface area contributed by atoms with Crippen LogP contribution in [0.3, 0.4) is 0 Å². The molecule has 13 heavy (non-hydrogen) atoms. The highest BCUT2D eigenvalue weighted by Gasteiger charge is 2.18. The molecule has 0 saturated carbocycles. The molecule has 1 unspecified atom stereocenters. The normalized spacial score (nSPS) is 22.0. The number of H-pyrrole nitrogens is 1. The quantitative estimate of drug-likeness (QED) is 0.686. The first-order valence-electron chi connectivity index (χ1n) is 4.76. The molecule has 2 N–H and O–H groups in total. The lowest BCUT2D eigenvalue weighted by Gasteiger charge is -2.07. The predicted octanol–water partition coefficient (Wildman–Crippen LogP) is 1.34. The van der Waals surface area contributed by atoms with E-state index >= 15 is 0 Å². The molecule has 0 aliphatic carbocycles. The van der Waals surface area contributed by atoms with Crippen LogP contribution < -0.4 is 5.32 Å². The van der Waals surface area contributed by atoms with Crippen LogP contribution in [-0.2, 0) is 0 Å². The first-order chi connectivity index (χ1) is 6.36. The van der Waals surface area contributed by atoms with Crippen molar-refractivity contribution in [1.29, 1.82) is 0 Å². The van der Waals surface area contributed by atoms with Gasteiger partial charge in [0, 0.05) is 18.7 Å². The van der Waals surface area contributed by atoms with Gasteiger partial charge in [0.05, 0.1) is 5.69 Å². The number of carbonyl (C=O) groups excluding carboxylic acids is 1. The molecule has 0 radical (unpaired) electrons. The van der Waals surface area contributed by atoms with Crippen LogP contribution in [0.15, 0.2) is 18.3 Å². The van der Waals surface area contributed by atoms with E-state index in [1.54, 1.807) is 6.20 Å². The average Bonchev–Trinajstić information content (AvgIpc) is 2.74. The first kappa shape index (κ1) is 8.51. The van der Waals surface area contributed by atoms with Crippen molar-refractivity contribution in [3.8, 4) is 0 Å². The van der Waals surface area contributed by atoms with Gasteiger partial charge in [0.25, 0.3) is 0 Å². The molecule has 0 bridgehead atoms. The molecule has 70 valence electrons. The lowest BCUT2D eigenvalue weighted by molar-refractivity contribution is 0.0967. The van der Waals surface area contributed by atoms with Crippen LogP contribution in [0.4, 0.5) is 0 Å². The van der Waals surface area contributed by atoms with Gasteiger partial charge in [-0.1, -0.05) is 0 Å². The summed E-state index contributed by atoms with van der Waals surface area (Å²) in [5.74, 6) is 0.212. The molecule has 1 aliphatic rings. The fraction of sp³-hybridized carbons (Fsp3) is 0.500. The van der Waals surface area contributed by atoms with Crippen LogP contribution in [0.2, 0.25) is 0 Å². The highest BCUT2D eigenvalue weighted by molar-refractivity contribution is 5.94. The number of nitrogens with one attached hydrogen (secondary N) is 2. The Bertz CT molecular complexity index is 273. The summed E-state index contributed by atoms with van der Waals surface area (Å²) in [6.07, 6.45) is 4.74. The molecule has 3 nitrogen and oxygen atoms in total. The van der Waals surface area contributed by atoms with E-state index in [1.807, 2.05) is 12.1 Å². The molecule has 0 amide bonds. The number of Topliss-reactive ketones (excluding diaryl/α,β-unsaturated/α-hetero) is 1. The number of ketones is 1. The molecule has 1 aromatic rings. The van der Waals surface area contributed by atoms with Gasteiger partial charge < -0.3 is 10.3 Å². The van der Waals surface area contributed by atoms with Crippen molar-refractivity contribution in [2.24, 2.45) is 0 Å². The summed E-state index contributed by atoms with van der Waals surface area (Å²) in [4.78, 5) is 14.5.